The van der Waals surface area contributed by atoms with Crippen LogP contribution >= 0.6 is 27.5 Å². The molecule has 0 unspecified atom stereocenters. The number of halogens is 2. The first-order chi connectivity index (χ1) is 11.2. The number of nitrogens with zero attached hydrogens (tertiary/aromatic N) is 2. The van der Waals surface area contributed by atoms with E-state index in [-0.39, 0.29) is 12.0 Å². The summed E-state index contributed by atoms with van der Waals surface area (Å²) in [6, 6.07) is 5.48. The number of ether oxygens (including phenoxy) is 1. The second kappa shape index (κ2) is 7.74. The Kier molecular flexibility index (Phi) is 6.15. The van der Waals surface area contributed by atoms with Gasteiger partial charge in [-0.1, -0.05) is 17.7 Å². The van der Waals surface area contributed by atoms with Crippen LogP contribution in [0.4, 0.5) is 4.79 Å². The van der Waals surface area contributed by atoms with Crippen molar-refractivity contribution in [2.24, 2.45) is 0 Å². The first-order valence-electron chi connectivity index (χ1n) is 7.85. The fourth-order valence-electron chi connectivity index (χ4n) is 2.40. The van der Waals surface area contributed by atoms with E-state index in [9.17, 15) is 9.59 Å². The Balaban J connectivity index is 1.86. The molecule has 0 spiro atoms. The summed E-state index contributed by atoms with van der Waals surface area (Å²) in [6.45, 7) is 7.55. The van der Waals surface area contributed by atoms with Gasteiger partial charge in [-0.2, -0.15) is 0 Å². The maximum atomic E-state index is 12.4. The maximum absolute atomic E-state index is 12.4. The second-order valence-corrected chi connectivity index (χ2v) is 8.03. The predicted octanol–water partition coefficient (Wildman–Crippen LogP) is 3.72. The third-order valence-corrected chi connectivity index (χ3v) is 4.84. The van der Waals surface area contributed by atoms with Crippen LogP contribution in [0.2, 0.25) is 5.02 Å². The average molecular weight is 418 g/mol. The van der Waals surface area contributed by atoms with Crippen molar-refractivity contribution >= 4 is 39.5 Å². The number of carbonyl (C=O) groups is 2. The van der Waals surface area contributed by atoms with Gasteiger partial charge in [-0.3, -0.25) is 4.79 Å². The van der Waals surface area contributed by atoms with E-state index >= 15 is 0 Å². The molecule has 2 rings (SSSR count). The average Bonchev–Trinajstić information content (AvgIpc) is 2.49. The van der Waals surface area contributed by atoms with E-state index in [1.165, 1.54) is 0 Å². The second-order valence-electron chi connectivity index (χ2n) is 6.77. The van der Waals surface area contributed by atoms with Crippen LogP contribution in [-0.2, 0) is 16.0 Å². The lowest BCUT2D eigenvalue weighted by molar-refractivity contribution is -0.132. The largest absolute Gasteiger partial charge is 0.444 e. The number of hydrogen-bond donors (Lipinski definition) is 0. The maximum Gasteiger partial charge on any atom is 0.410 e. The van der Waals surface area contributed by atoms with Crippen LogP contribution in [0.3, 0.4) is 0 Å². The number of piperazine rings is 1. The van der Waals surface area contributed by atoms with Gasteiger partial charge in [0.25, 0.3) is 0 Å². The molecule has 1 aliphatic rings. The summed E-state index contributed by atoms with van der Waals surface area (Å²) < 4.78 is 6.14. The van der Waals surface area contributed by atoms with Gasteiger partial charge in [0.2, 0.25) is 5.91 Å². The molecule has 0 N–H and O–H groups in total. The van der Waals surface area contributed by atoms with Crippen molar-refractivity contribution in [3.05, 3.63) is 33.3 Å². The van der Waals surface area contributed by atoms with Gasteiger partial charge in [0.15, 0.2) is 0 Å². The topological polar surface area (TPSA) is 49.9 Å². The van der Waals surface area contributed by atoms with Crippen LogP contribution < -0.4 is 0 Å². The fourth-order valence-corrected chi connectivity index (χ4v) is 2.94. The van der Waals surface area contributed by atoms with Crippen LogP contribution in [0.5, 0.6) is 0 Å². The Labute approximate surface area is 156 Å². The monoisotopic (exact) mass is 416 g/mol. The van der Waals surface area contributed by atoms with E-state index in [4.69, 9.17) is 16.3 Å². The van der Waals surface area contributed by atoms with Crippen molar-refractivity contribution in [2.75, 3.05) is 26.2 Å². The zero-order valence-corrected chi connectivity index (χ0v) is 16.5. The minimum atomic E-state index is -0.508. The lowest BCUT2D eigenvalue weighted by atomic mass is 10.1. The van der Waals surface area contributed by atoms with Gasteiger partial charge in [-0.15, -0.1) is 0 Å². The molecule has 1 aromatic rings. The van der Waals surface area contributed by atoms with Crippen LogP contribution in [-0.4, -0.2) is 53.6 Å². The molecule has 0 atom stereocenters. The van der Waals surface area contributed by atoms with Gasteiger partial charge in [-0.25, -0.2) is 4.79 Å². The van der Waals surface area contributed by atoms with Crippen LogP contribution in [0.1, 0.15) is 26.3 Å². The van der Waals surface area contributed by atoms with Crippen molar-refractivity contribution in [3.8, 4) is 0 Å². The summed E-state index contributed by atoms with van der Waals surface area (Å²) in [5.41, 5.74) is 0.400. The molecule has 0 radical (unpaired) electrons. The molecule has 0 aromatic heterocycles. The van der Waals surface area contributed by atoms with Crippen molar-refractivity contribution in [3.63, 3.8) is 0 Å². The van der Waals surface area contributed by atoms with Crippen molar-refractivity contribution < 1.29 is 14.3 Å². The quantitative estimate of drug-likeness (QED) is 0.737. The number of carbonyl (C=O) groups excluding carboxylic acids is 2. The molecule has 0 aliphatic carbocycles. The smallest absolute Gasteiger partial charge is 0.410 e. The summed E-state index contributed by atoms with van der Waals surface area (Å²) in [4.78, 5) is 27.9. The number of rotatable bonds is 2. The number of benzene rings is 1. The van der Waals surface area contributed by atoms with Crippen molar-refractivity contribution in [1.29, 1.82) is 0 Å². The molecule has 5 nitrogen and oxygen atoms in total. The molecule has 0 bridgehead atoms. The highest BCUT2D eigenvalue weighted by Crippen LogP contribution is 2.23. The Bertz CT molecular complexity index is 623. The van der Waals surface area contributed by atoms with Gasteiger partial charge in [0.05, 0.1) is 11.4 Å². The number of amides is 2. The zero-order valence-electron chi connectivity index (χ0n) is 14.1. The predicted molar refractivity (Wildman–Crippen MR) is 97.2 cm³/mol. The highest BCUT2D eigenvalue weighted by atomic mass is 79.9. The summed E-state index contributed by atoms with van der Waals surface area (Å²) in [6.07, 6.45) is -0.00130. The highest BCUT2D eigenvalue weighted by molar-refractivity contribution is 9.10. The Morgan fingerprint density at radius 2 is 1.75 bits per heavy atom. The molecular weight excluding hydrogens is 396 g/mol. The van der Waals surface area contributed by atoms with Gasteiger partial charge >= 0.3 is 6.09 Å². The molecule has 1 fully saturated rings. The van der Waals surface area contributed by atoms with Crippen LogP contribution in [0, 0.1) is 0 Å². The van der Waals surface area contributed by atoms with E-state index in [1.807, 2.05) is 32.9 Å². The normalized spacial score (nSPS) is 15.4. The molecule has 2 amide bonds. The van der Waals surface area contributed by atoms with Gasteiger partial charge in [0, 0.05) is 30.7 Å². The van der Waals surface area contributed by atoms with Gasteiger partial charge in [0.1, 0.15) is 5.60 Å². The van der Waals surface area contributed by atoms with Crippen molar-refractivity contribution in [1.82, 2.24) is 9.80 Å². The fraction of sp³-hybridized carbons (Fsp3) is 0.529. The summed E-state index contributed by atoms with van der Waals surface area (Å²) in [7, 11) is 0. The number of hydrogen-bond acceptors (Lipinski definition) is 3. The molecule has 1 aliphatic heterocycles. The first kappa shape index (κ1) is 19.1. The molecular formula is C17H22BrClN2O3. The Hall–Kier alpha value is -1.27. The minimum absolute atomic E-state index is 0.0491. The summed E-state index contributed by atoms with van der Waals surface area (Å²) >= 11 is 9.33. The van der Waals surface area contributed by atoms with E-state index in [2.05, 4.69) is 15.9 Å². The molecule has 1 aromatic carbocycles. The molecule has 1 heterocycles. The van der Waals surface area contributed by atoms with E-state index in [0.29, 0.717) is 37.6 Å². The third kappa shape index (κ3) is 5.38. The zero-order chi connectivity index (χ0) is 17.9. The Morgan fingerprint density at radius 3 is 2.29 bits per heavy atom. The lowest BCUT2D eigenvalue weighted by Crippen LogP contribution is -2.51. The lowest BCUT2D eigenvalue weighted by Gasteiger charge is -2.35. The SMILES string of the molecule is CC(C)(C)OC(=O)N1CCN(C(=O)Cc2ccc(Cl)c(Br)c2)CC1. The van der Waals surface area contributed by atoms with E-state index in [1.54, 1.807) is 15.9 Å². The first-order valence-corrected chi connectivity index (χ1v) is 9.02. The van der Waals surface area contributed by atoms with Crippen LogP contribution in [0.15, 0.2) is 22.7 Å². The van der Waals surface area contributed by atoms with Crippen LogP contribution in [0.25, 0.3) is 0 Å². The van der Waals surface area contributed by atoms with E-state index < -0.39 is 5.60 Å². The highest BCUT2D eigenvalue weighted by Gasteiger charge is 2.27. The van der Waals surface area contributed by atoms with Crippen molar-refractivity contribution in [2.45, 2.75) is 32.8 Å². The summed E-state index contributed by atoms with van der Waals surface area (Å²) in [5, 5.41) is 0.622. The molecule has 0 saturated carbocycles. The third-order valence-electron chi connectivity index (χ3n) is 3.62. The van der Waals surface area contributed by atoms with Gasteiger partial charge in [-0.05, 0) is 54.4 Å². The summed E-state index contributed by atoms with van der Waals surface area (Å²) in [5.74, 6) is 0.0491. The molecule has 7 heteroatoms. The van der Waals surface area contributed by atoms with Gasteiger partial charge < -0.3 is 14.5 Å². The molecule has 132 valence electrons. The standard InChI is InChI=1S/C17H22BrClN2O3/c1-17(2,3)24-16(23)21-8-6-20(7-9-21)15(22)11-12-4-5-14(19)13(18)10-12/h4-5,10H,6-9,11H2,1-3H3. The molecule has 1 saturated heterocycles. The van der Waals surface area contributed by atoms with E-state index in [0.717, 1.165) is 10.0 Å². The molecule has 24 heavy (non-hydrogen) atoms. The Morgan fingerprint density at radius 1 is 1.17 bits per heavy atom. The minimum Gasteiger partial charge on any atom is -0.444 e.